The molecule has 6 rings (SSSR count). The van der Waals surface area contributed by atoms with Crippen molar-refractivity contribution in [2.24, 2.45) is 5.41 Å². The van der Waals surface area contributed by atoms with Crippen LogP contribution in [-0.4, -0.2) is 37.9 Å². The van der Waals surface area contributed by atoms with Crippen LogP contribution in [0.25, 0.3) is 11.5 Å². The number of hydrogen-bond acceptors (Lipinski definition) is 7. The van der Waals surface area contributed by atoms with Crippen LogP contribution in [0.15, 0.2) is 28.8 Å². The van der Waals surface area contributed by atoms with Gasteiger partial charge in [0, 0.05) is 12.0 Å². The van der Waals surface area contributed by atoms with E-state index in [2.05, 4.69) is 25.7 Å². The fraction of sp³-hybridized carbons (Fsp3) is 0.435. The van der Waals surface area contributed by atoms with Crippen LogP contribution in [0.5, 0.6) is 5.75 Å². The van der Waals surface area contributed by atoms with Gasteiger partial charge in [-0.25, -0.2) is 4.39 Å². The molecule has 0 unspecified atom stereocenters. The summed E-state index contributed by atoms with van der Waals surface area (Å²) >= 11 is 0. The van der Waals surface area contributed by atoms with Crippen LogP contribution >= 0.6 is 0 Å². The fourth-order valence-electron chi connectivity index (χ4n) is 5.07. The Labute approximate surface area is 200 Å². The van der Waals surface area contributed by atoms with Crippen molar-refractivity contribution >= 4 is 5.91 Å². The molecule has 2 aromatic heterocycles. The number of aromatic nitrogens is 4. The zero-order valence-electron chi connectivity index (χ0n) is 18.7. The molecule has 0 spiro atoms. The summed E-state index contributed by atoms with van der Waals surface area (Å²) in [5.74, 6) is -4.06. The molecule has 3 saturated carbocycles. The number of halogens is 5. The second-order valence-corrected chi connectivity index (χ2v) is 9.45. The Bertz CT molecular complexity index is 1280. The number of carbonyl (C=O) groups is 1. The zero-order chi connectivity index (χ0) is 25.7. The minimum absolute atomic E-state index is 0.0541. The van der Waals surface area contributed by atoms with E-state index in [1.54, 1.807) is 0 Å². The molecule has 0 radical (unpaired) electrons. The van der Waals surface area contributed by atoms with Crippen LogP contribution in [0.1, 0.15) is 60.5 Å². The third kappa shape index (κ3) is 4.16. The number of amides is 1. The number of aromatic hydroxyl groups is 1. The van der Waals surface area contributed by atoms with Crippen molar-refractivity contribution in [1.29, 1.82) is 0 Å². The lowest BCUT2D eigenvalue weighted by Crippen LogP contribution is -2.49. The maximum absolute atomic E-state index is 14.0. The van der Waals surface area contributed by atoms with Crippen molar-refractivity contribution in [1.82, 2.24) is 25.7 Å². The zero-order valence-corrected chi connectivity index (χ0v) is 18.7. The predicted octanol–water partition coefficient (Wildman–Crippen LogP) is 4.55. The topological polar surface area (TPSA) is 114 Å². The number of phenols is 1. The quantitative estimate of drug-likeness (QED) is 0.485. The maximum Gasteiger partial charge on any atom is 0.435 e. The van der Waals surface area contributed by atoms with Gasteiger partial charge in [-0.1, -0.05) is 5.16 Å². The molecule has 1 aromatic carbocycles. The highest BCUT2D eigenvalue weighted by molar-refractivity contribution is 5.94. The summed E-state index contributed by atoms with van der Waals surface area (Å²) in [5.41, 5.74) is -2.13. The van der Waals surface area contributed by atoms with Crippen LogP contribution in [0.2, 0.25) is 0 Å². The minimum atomic E-state index is -4.60. The monoisotopic (exact) mass is 509 g/mol. The Morgan fingerprint density at radius 2 is 1.69 bits per heavy atom. The number of benzene rings is 1. The molecule has 2 N–H and O–H groups in total. The van der Waals surface area contributed by atoms with Crippen molar-refractivity contribution in [2.75, 3.05) is 6.54 Å². The van der Waals surface area contributed by atoms with Gasteiger partial charge in [-0.3, -0.25) is 4.79 Å². The molecular weight excluding hydrogens is 489 g/mol. The van der Waals surface area contributed by atoms with Crippen molar-refractivity contribution < 1.29 is 36.4 Å². The molecule has 0 aliphatic heterocycles. The van der Waals surface area contributed by atoms with E-state index in [0.717, 1.165) is 43.5 Å². The van der Waals surface area contributed by atoms with E-state index in [4.69, 9.17) is 4.52 Å². The molecule has 1 amide bonds. The summed E-state index contributed by atoms with van der Waals surface area (Å²) < 4.78 is 71.3. The Kier molecular flexibility index (Phi) is 5.67. The Balaban J connectivity index is 1.24. The highest BCUT2D eigenvalue weighted by Gasteiger charge is 2.52. The smallest absolute Gasteiger partial charge is 0.435 e. The fourth-order valence-corrected chi connectivity index (χ4v) is 5.07. The lowest BCUT2D eigenvalue weighted by atomic mass is 9.53. The lowest BCUT2D eigenvalue weighted by Gasteiger charge is -2.51. The number of alkyl halides is 3. The standard InChI is InChI=1S/C23H20F5N5O3/c24-16-12(1-3-14(34)17(16)25)19(35)29-11-21-5-8-22(9-6-21,10-7-21)20-30-18(33-36-20)13-2-4-15(32-31-13)23(26,27)28/h1-4,34H,5-11H2,(H,29,35). The van der Waals surface area contributed by atoms with Gasteiger partial charge in [-0.05, 0) is 68.2 Å². The van der Waals surface area contributed by atoms with E-state index in [0.29, 0.717) is 25.2 Å². The Hall–Kier alpha value is -3.64. The van der Waals surface area contributed by atoms with Gasteiger partial charge >= 0.3 is 6.18 Å². The first kappa shape index (κ1) is 24.1. The number of phenolic OH excluding ortho intramolecular Hbond substituents is 1. The van der Waals surface area contributed by atoms with Gasteiger partial charge in [-0.15, -0.1) is 10.2 Å². The summed E-state index contributed by atoms with van der Waals surface area (Å²) in [5, 5.41) is 22.6. The van der Waals surface area contributed by atoms with E-state index in [1.807, 2.05) is 0 Å². The number of fused-ring (bicyclic) bond motifs is 3. The van der Waals surface area contributed by atoms with Crippen LogP contribution in [0.4, 0.5) is 22.0 Å². The molecular formula is C23H20F5N5O3. The molecule has 190 valence electrons. The van der Waals surface area contributed by atoms with Crippen LogP contribution in [0.3, 0.4) is 0 Å². The van der Waals surface area contributed by atoms with Crippen molar-refractivity contribution in [3.63, 3.8) is 0 Å². The largest absolute Gasteiger partial charge is 0.505 e. The third-order valence-electron chi connectivity index (χ3n) is 7.40. The molecule has 2 bridgehead atoms. The van der Waals surface area contributed by atoms with Gasteiger partial charge in [0.05, 0.1) is 5.56 Å². The highest BCUT2D eigenvalue weighted by Crippen LogP contribution is 2.57. The number of hydrogen-bond donors (Lipinski definition) is 2. The van der Waals surface area contributed by atoms with Gasteiger partial charge in [-0.2, -0.15) is 22.5 Å². The SMILES string of the molecule is O=C(NCC12CCC(c3nc(-c4ccc(C(F)(F)F)nn4)no3)(CC1)CC2)c1ccc(O)c(F)c1F. The van der Waals surface area contributed by atoms with E-state index in [-0.39, 0.29) is 28.9 Å². The lowest BCUT2D eigenvalue weighted by molar-refractivity contribution is -0.141. The van der Waals surface area contributed by atoms with Crippen LogP contribution in [-0.2, 0) is 11.6 Å². The first-order chi connectivity index (χ1) is 17.0. The molecule has 3 fully saturated rings. The van der Waals surface area contributed by atoms with Crippen molar-refractivity contribution in [3.05, 3.63) is 53.0 Å². The van der Waals surface area contributed by atoms with Crippen molar-refractivity contribution in [2.45, 2.75) is 50.1 Å². The van der Waals surface area contributed by atoms with E-state index >= 15 is 0 Å². The van der Waals surface area contributed by atoms with E-state index in [9.17, 15) is 31.9 Å². The number of nitrogens with one attached hydrogen (secondary N) is 1. The van der Waals surface area contributed by atoms with Gasteiger partial charge < -0.3 is 14.9 Å². The molecule has 13 heteroatoms. The van der Waals surface area contributed by atoms with Gasteiger partial charge in [0.25, 0.3) is 5.91 Å². The molecule has 36 heavy (non-hydrogen) atoms. The van der Waals surface area contributed by atoms with E-state index in [1.165, 1.54) is 0 Å². The number of carbonyl (C=O) groups excluding carboxylic acids is 1. The molecule has 3 aliphatic carbocycles. The maximum atomic E-state index is 14.0. The molecule has 3 aliphatic rings. The first-order valence-corrected chi connectivity index (χ1v) is 11.2. The molecule has 3 aromatic rings. The molecule has 0 saturated heterocycles. The van der Waals surface area contributed by atoms with Crippen LogP contribution < -0.4 is 5.32 Å². The minimum Gasteiger partial charge on any atom is -0.505 e. The average molecular weight is 509 g/mol. The Morgan fingerprint density at radius 3 is 2.31 bits per heavy atom. The average Bonchev–Trinajstić information content (AvgIpc) is 3.38. The van der Waals surface area contributed by atoms with E-state index < -0.39 is 40.7 Å². The normalized spacial score (nSPS) is 23.6. The van der Waals surface area contributed by atoms with Gasteiger partial charge in [0.1, 0.15) is 5.69 Å². The molecule has 2 heterocycles. The molecule has 0 atom stereocenters. The second-order valence-electron chi connectivity index (χ2n) is 9.45. The summed E-state index contributed by atoms with van der Waals surface area (Å²) in [7, 11) is 0. The Morgan fingerprint density at radius 1 is 1.00 bits per heavy atom. The van der Waals surface area contributed by atoms with Gasteiger partial charge in [0.15, 0.2) is 17.3 Å². The predicted molar refractivity (Wildman–Crippen MR) is 112 cm³/mol. The summed E-state index contributed by atoms with van der Waals surface area (Å²) in [6, 6.07) is 3.90. The van der Waals surface area contributed by atoms with Crippen molar-refractivity contribution in [3.8, 4) is 17.3 Å². The third-order valence-corrected chi connectivity index (χ3v) is 7.40. The molecule has 8 nitrogen and oxygen atoms in total. The second kappa shape index (κ2) is 8.49. The highest BCUT2D eigenvalue weighted by atomic mass is 19.4. The summed E-state index contributed by atoms with van der Waals surface area (Å²) in [4.78, 5) is 16.8. The summed E-state index contributed by atoms with van der Waals surface area (Å²) in [6.45, 7) is 0.278. The number of rotatable bonds is 5. The summed E-state index contributed by atoms with van der Waals surface area (Å²) in [6.07, 6.45) is -0.383. The number of nitrogens with zero attached hydrogens (tertiary/aromatic N) is 4. The van der Waals surface area contributed by atoms with Gasteiger partial charge in [0.2, 0.25) is 17.5 Å². The van der Waals surface area contributed by atoms with Crippen LogP contribution in [0, 0.1) is 17.0 Å². The first-order valence-electron chi connectivity index (χ1n) is 11.2.